The molecule has 2 aromatic rings. The number of aryl methyl sites for hydroxylation is 1. The minimum Gasteiger partial charge on any atom is -0.479 e. The molecule has 1 aromatic heterocycles. The maximum Gasteiger partial charge on any atom is 0.332 e. The topological polar surface area (TPSA) is 59.4 Å². The molecule has 2 rings (SSSR count). The summed E-state index contributed by atoms with van der Waals surface area (Å²) in [5.41, 5.74) is 3.03. The fourth-order valence-electron chi connectivity index (χ4n) is 1.48. The number of benzene rings is 1. The van der Waals surface area contributed by atoms with Crippen LogP contribution >= 0.6 is 11.3 Å². The number of carboxylic acids is 1. The summed E-state index contributed by atoms with van der Waals surface area (Å²) in [5, 5.41) is 11.5. The summed E-state index contributed by atoms with van der Waals surface area (Å²) in [4.78, 5) is 15.1. The van der Waals surface area contributed by atoms with Gasteiger partial charge in [-0.2, -0.15) is 0 Å². The number of nitrogens with zero attached hydrogens (tertiary/aromatic N) is 1. The van der Waals surface area contributed by atoms with Crippen LogP contribution in [-0.2, 0) is 16.1 Å². The van der Waals surface area contributed by atoms with Crippen molar-refractivity contribution >= 4 is 17.3 Å². The Bertz CT molecular complexity index is 562. The van der Waals surface area contributed by atoms with Gasteiger partial charge in [-0.15, -0.1) is 11.3 Å². The molecule has 0 spiro atoms. The van der Waals surface area contributed by atoms with Gasteiger partial charge in [0.15, 0.2) is 6.10 Å². The van der Waals surface area contributed by atoms with E-state index in [0.717, 1.165) is 16.3 Å². The molecule has 1 N–H and O–H groups in total. The Labute approximate surface area is 115 Å². The van der Waals surface area contributed by atoms with E-state index in [-0.39, 0.29) is 6.61 Å². The quantitative estimate of drug-likeness (QED) is 0.912. The van der Waals surface area contributed by atoms with Crippen molar-refractivity contribution < 1.29 is 14.6 Å². The van der Waals surface area contributed by atoms with Gasteiger partial charge in [-0.3, -0.25) is 0 Å². The molecule has 1 heterocycles. The second kappa shape index (κ2) is 5.95. The van der Waals surface area contributed by atoms with Crippen LogP contribution in [0.3, 0.4) is 0 Å². The lowest BCUT2D eigenvalue weighted by molar-refractivity contribution is -0.149. The minimum absolute atomic E-state index is 0.218. The number of carbonyl (C=O) groups is 1. The SMILES string of the molecule is Cc1ccc(-c2nc(CO[C@H](C)C(=O)O)cs2)cc1. The lowest BCUT2D eigenvalue weighted by atomic mass is 10.2. The van der Waals surface area contributed by atoms with E-state index in [1.165, 1.54) is 23.8 Å². The lowest BCUT2D eigenvalue weighted by Crippen LogP contribution is -2.19. The molecule has 0 bridgehead atoms. The van der Waals surface area contributed by atoms with E-state index in [9.17, 15) is 4.79 Å². The van der Waals surface area contributed by atoms with Gasteiger partial charge >= 0.3 is 5.97 Å². The molecular weight excluding hydrogens is 262 g/mol. The molecule has 0 amide bonds. The Morgan fingerprint density at radius 1 is 1.42 bits per heavy atom. The second-order valence-corrected chi connectivity index (χ2v) is 5.16. The Kier molecular flexibility index (Phi) is 4.29. The number of hydrogen-bond donors (Lipinski definition) is 1. The normalized spacial score (nSPS) is 12.3. The van der Waals surface area contributed by atoms with Gasteiger partial charge in [0, 0.05) is 10.9 Å². The van der Waals surface area contributed by atoms with Crippen LogP contribution in [0.1, 0.15) is 18.2 Å². The van der Waals surface area contributed by atoms with Crippen molar-refractivity contribution in [2.45, 2.75) is 26.6 Å². The van der Waals surface area contributed by atoms with Crippen molar-refractivity contribution in [2.75, 3.05) is 0 Å². The smallest absolute Gasteiger partial charge is 0.332 e. The molecule has 19 heavy (non-hydrogen) atoms. The summed E-state index contributed by atoms with van der Waals surface area (Å²) in [6.07, 6.45) is -0.815. The Morgan fingerprint density at radius 2 is 2.11 bits per heavy atom. The van der Waals surface area contributed by atoms with E-state index in [2.05, 4.69) is 4.98 Å². The predicted octanol–water partition coefficient (Wildman–Crippen LogP) is 3.11. The fourth-order valence-corrected chi connectivity index (χ4v) is 2.29. The molecule has 1 aromatic carbocycles. The first-order valence-electron chi connectivity index (χ1n) is 5.92. The summed E-state index contributed by atoms with van der Waals surface area (Å²) in [6, 6.07) is 8.14. The second-order valence-electron chi connectivity index (χ2n) is 4.30. The number of aromatic nitrogens is 1. The van der Waals surface area contributed by atoms with Crippen molar-refractivity contribution in [2.24, 2.45) is 0 Å². The number of rotatable bonds is 5. The van der Waals surface area contributed by atoms with Crippen molar-refractivity contribution in [1.29, 1.82) is 0 Å². The highest BCUT2D eigenvalue weighted by Crippen LogP contribution is 2.24. The van der Waals surface area contributed by atoms with Gasteiger partial charge < -0.3 is 9.84 Å². The zero-order valence-electron chi connectivity index (χ0n) is 10.8. The van der Waals surface area contributed by atoms with Gasteiger partial charge in [0.1, 0.15) is 5.01 Å². The van der Waals surface area contributed by atoms with Crippen LogP contribution in [0.15, 0.2) is 29.6 Å². The average Bonchev–Trinajstić information content (AvgIpc) is 2.85. The van der Waals surface area contributed by atoms with E-state index in [0.29, 0.717) is 0 Å². The van der Waals surface area contributed by atoms with Gasteiger partial charge in [0.05, 0.1) is 12.3 Å². The van der Waals surface area contributed by atoms with Crippen molar-refractivity contribution in [1.82, 2.24) is 4.98 Å². The number of thiazole rings is 1. The zero-order chi connectivity index (χ0) is 13.8. The lowest BCUT2D eigenvalue weighted by Gasteiger charge is -2.05. The zero-order valence-corrected chi connectivity index (χ0v) is 11.6. The van der Waals surface area contributed by atoms with E-state index in [1.54, 1.807) is 0 Å². The molecular formula is C14H15NO3S. The summed E-state index contributed by atoms with van der Waals surface area (Å²) in [6.45, 7) is 3.77. The maximum atomic E-state index is 10.6. The van der Waals surface area contributed by atoms with Crippen molar-refractivity contribution in [3.63, 3.8) is 0 Å². The third-order valence-electron chi connectivity index (χ3n) is 2.68. The highest BCUT2D eigenvalue weighted by molar-refractivity contribution is 7.13. The van der Waals surface area contributed by atoms with Crippen molar-refractivity contribution in [3.8, 4) is 10.6 Å². The molecule has 100 valence electrons. The summed E-state index contributed by atoms with van der Waals surface area (Å²) in [5.74, 6) is -0.964. The van der Waals surface area contributed by atoms with Gasteiger partial charge in [-0.25, -0.2) is 9.78 Å². The molecule has 0 saturated heterocycles. The first kappa shape index (κ1) is 13.7. The average molecular weight is 277 g/mol. The number of aliphatic carboxylic acids is 1. The molecule has 0 aliphatic carbocycles. The Balaban J connectivity index is 2.03. The highest BCUT2D eigenvalue weighted by Gasteiger charge is 2.12. The molecule has 0 unspecified atom stereocenters. The predicted molar refractivity (Wildman–Crippen MR) is 74.2 cm³/mol. The van der Waals surface area contributed by atoms with E-state index in [4.69, 9.17) is 9.84 Å². The number of hydrogen-bond acceptors (Lipinski definition) is 4. The summed E-state index contributed by atoms with van der Waals surface area (Å²) >= 11 is 1.53. The van der Waals surface area contributed by atoms with Crippen LogP contribution in [0.4, 0.5) is 0 Å². The molecule has 0 saturated carbocycles. The standard InChI is InChI=1S/C14H15NO3S/c1-9-3-5-11(6-4-9)13-15-12(8-19-13)7-18-10(2)14(16)17/h3-6,8,10H,7H2,1-2H3,(H,16,17)/t10-/m1/s1. The van der Waals surface area contributed by atoms with Gasteiger partial charge in [0.25, 0.3) is 0 Å². The molecule has 1 atom stereocenters. The highest BCUT2D eigenvalue weighted by atomic mass is 32.1. The molecule has 5 heteroatoms. The minimum atomic E-state index is -0.964. The summed E-state index contributed by atoms with van der Waals surface area (Å²) in [7, 11) is 0. The third-order valence-corrected chi connectivity index (χ3v) is 3.62. The van der Waals surface area contributed by atoms with Crippen LogP contribution in [-0.4, -0.2) is 22.2 Å². The maximum absolute atomic E-state index is 10.6. The van der Waals surface area contributed by atoms with E-state index >= 15 is 0 Å². The number of ether oxygens (including phenoxy) is 1. The van der Waals surface area contributed by atoms with Gasteiger partial charge in [-0.1, -0.05) is 29.8 Å². The van der Waals surface area contributed by atoms with Crippen LogP contribution in [0.2, 0.25) is 0 Å². The molecule has 4 nitrogen and oxygen atoms in total. The third kappa shape index (κ3) is 3.62. The van der Waals surface area contributed by atoms with Crippen molar-refractivity contribution in [3.05, 3.63) is 40.9 Å². The fraction of sp³-hybridized carbons (Fsp3) is 0.286. The molecule has 0 radical (unpaired) electrons. The van der Waals surface area contributed by atoms with E-state index in [1.807, 2.05) is 36.6 Å². The van der Waals surface area contributed by atoms with E-state index < -0.39 is 12.1 Å². The monoisotopic (exact) mass is 277 g/mol. The largest absolute Gasteiger partial charge is 0.479 e. The van der Waals surface area contributed by atoms with Crippen LogP contribution in [0, 0.1) is 6.92 Å². The Morgan fingerprint density at radius 3 is 2.74 bits per heavy atom. The summed E-state index contributed by atoms with van der Waals surface area (Å²) < 4.78 is 5.20. The van der Waals surface area contributed by atoms with Crippen LogP contribution in [0.25, 0.3) is 10.6 Å². The number of carboxylic acid groups (broad SMARTS) is 1. The first-order valence-corrected chi connectivity index (χ1v) is 6.80. The molecule has 0 aliphatic rings. The van der Waals surface area contributed by atoms with Gasteiger partial charge in [-0.05, 0) is 13.8 Å². The molecule has 0 fully saturated rings. The van der Waals surface area contributed by atoms with Crippen LogP contribution in [0.5, 0.6) is 0 Å². The Hall–Kier alpha value is -1.72. The van der Waals surface area contributed by atoms with Gasteiger partial charge in [0.2, 0.25) is 0 Å². The first-order chi connectivity index (χ1) is 9.06. The van der Waals surface area contributed by atoms with Crippen LogP contribution < -0.4 is 0 Å². The molecule has 0 aliphatic heterocycles.